The Morgan fingerprint density at radius 3 is 2.40 bits per heavy atom. The molecule has 0 spiro atoms. The lowest BCUT2D eigenvalue weighted by molar-refractivity contribution is -0.328. The summed E-state index contributed by atoms with van der Waals surface area (Å²) in [6.07, 6.45) is -9.58. The molecule has 2 saturated heterocycles. The highest BCUT2D eigenvalue weighted by Gasteiger charge is 2.54. The summed E-state index contributed by atoms with van der Waals surface area (Å²) < 4.78 is 74.5. The van der Waals surface area contributed by atoms with Crippen LogP contribution in [-0.2, 0) is 38.1 Å². The summed E-state index contributed by atoms with van der Waals surface area (Å²) in [4.78, 5) is 18.3. The van der Waals surface area contributed by atoms with Crippen LogP contribution < -0.4 is 0 Å². The number of fused-ring (bicyclic) bond motifs is 1. The molecule has 3 rings (SSSR count). The summed E-state index contributed by atoms with van der Waals surface area (Å²) in [5, 5.41) is 4.16. The number of halogens is 4. The monoisotopic (exact) mass is 624 g/mol. The summed E-state index contributed by atoms with van der Waals surface area (Å²) in [7, 11) is 2.83. The molecule has 0 N–H and O–H groups in total. The maximum Gasteiger partial charge on any atom is 0.471 e. The van der Waals surface area contributed by atoms with Gasteiger partial charge in [-0.2, -0.15) is 13.2 Å². The van der Waals surface area contributed by atoms with Crippen LogP contribution in [0.5, 0.6) is 0 Å². The lowest BCUT2D eigenvalue weighted by atomic mass is 9.98. The van der Waals surface area contributed by atoms with E-state index >= 15 is 0 Å². The number of ether oxygens (including phenoxy) is 6. The Morgan fingerprint density at radius 2 is 1.86 bits per heavy atom. The van der Waals surface area contributed by atoms with Gasteiger partial charge in [-0.1, -0.05) is 27.7 Å². The van der Waals surface area contributed by atoms with Crippen molar-refractivity contribution in [1.82, 2.24) is 4.90 Å². The molecule has 0 aromatic carbocycles. The molecule has 0 saturated carbocycles. The largest absolute Gasteiger partial charge is 0.471 e. The van der Waals surface area contributed by atoms with Crippen molar-refractivity contribution in [3.05, 3.63) is 0 Å². The second-order valence-corrected chi connectivity index (χ2v) is 10.7. The number of hydrogen-bond acceptors (Lipinski definition) is 9. The van der Waals surface area contributed by atoms with Crippen molar-refractivity contribution in [1.29, 1.82) is 0 Å². The van der Waals surface area contributed by atoms with Crippen LogP contribution in [0.2, 0.25) is 0 Å². The van der Waals surface area contributed by atoms with Crippen molar-refractivity contribution >= 4 is 34.2 Å². The van der Waals surface area contributed by atoms with Gasteiger partial charge >= 0.3 is 12.1 Å². The number of rotatable bonds is 6. The van der Waals surface area contributed by atoms with Gasteiger partial charge in [0.25, 0.3) is 0 Å². The Balaban J connectivity index is 1.83. The van der Waals surface area contributed by atoms with Crippen LogP contribution in [0.25, 0.3) is 0 Å². The summed E-state index contributed by atoms with van der Waals surface area (Å²) in [6.45, 7) is 7.97. The molecule has 3 heterocycles. The van der Waals surface area contributed by atoms with E-state index in [2.05, 4.69) is 5.16 Å². The van der Waals surface area contributed by atoms with E-state index in [1.165, 1.54) is 28.1 Å². The van der Waals surface area contributed by atoms with Crippen molar-refractivity contribution in [2.75, 3.05) is 20.8 Å². The molecule has 202 valence electrons. The summed E-state index contributed by atoms with van der Waals surface area (Å²) in [6, 6.07) is -1.72. The Morgan fingerprint density at radius 1 is 1.20 bits per heavy atom. The number of carbonyl (C=O) groups is 1. The highest BCUT2D eigenvalue weighted by atomic mass is 127. The van der Waals surface area contributed by atoms with E-state index in [9.17, 15) is 18.0 Å². The third kappa shape index (κ3) is 6.04. The van der Waals surface area contributed by atoms with Gasteiger partial charge in [-0.25, -0.2) is 0 Å². The maximum atomic E-state index is 13.3. The standard InChI is InChI=1S/C21H32F3IN2O8/c1-9(2)27(19(28)21(22,23)24)11-8-31-17(12(25)14(11)29-6)33-16-15-13(10(3)32-18(16)30-7)26-35-20(4,5)34-15/h9-12,14-18H,8H2,1-7H3/t10-,11+,12-,14-,15+,16-,17+,18+/m1/s1. The number of alkyl halides is 4. The smallest absolute Gasteiger partial charge is 0.378 e. The van der Waals surface area contributed by atoms with Crippen molar-refractivity contribution in [2.45, 2.75) is 99.6 Å². The van der Waals surface area contributed by atoms with Gasteiger partial charge in [-0.3, -0.25) is 4.79 Å². The number of methoxy groups -OCH3 is 2. The van der Waals surface area contributed by atoms with Crippen molar-refractivity contribution < 1.29 is 51.2 Å². The first-order valence-electron chi connectivity index (χ1n) is 11.2. The first-order chi connectivity index (χ1) is 16.2. The van der Waals surface area contributed by atoms with Gasteiger partial charge in [0.2, 0.25) is 5.79 Å². The van der Waals surface area contributed by atoms with Gasteiger partial charge in [-0.05, 0) is 20.8 Å². The van der Waals surface area contributed by atoms with Crippen LogP contribution in [0, 0.1) is 0 Å². The fourth-order valence-corrected chi connectivity index (χ4v) is 5.57. The molecule has 35 heavy (non-hydrogen) atoms. The second kappa shape index (κ2) is 10.9. The third-order valence-electron chi connectivity index (χ3n) is 5.97. The van der Waals surface area contributed by atoms with Gasteiger partial charge in [0.1, 0.15) is 24.0 Å². The van der Waals surface area contributed by atoms with Gasteiger partial charge < -0.3 is 38.2 Å². The molecule has 3 aliphatic heterocycles. The highest BCUT2D eigenvalue weighted by Crippen LogP contribution is 2.36. The van der Waals surface area contributed by atoms with Crippen LogP contribution in [0.1, 0.15) is 34.6 Å². The van der Waals surface area contributed by atoms with Crippen molar-refractivity contribution in [3.63, 3.8) is 0 Å². The van der Waals surface area contributed by atoms with Crippen LogP contribution in [-0.4, -0.2) is 102 Å². The molecule has 0 radical (unpaired) electrons. The van der Waals surface area contributed by atoms with Gasteiger partial charge in [0.15, 0.2) is 12.6 Å². The fraction of sp³-hybridized carbons (Fsp3) is 0.905. The number of carbonyl (C=O) groups excluding carboxylic acids is 1. The van der Waals surface area contributed by atoms with E-state index < -0.39 is 70.9 Å². The molecular weight excluding hydrogens is 592 g/mol. The normalized spacial score (nSPS) is 37.3. The Labute approximate surface area is 215 Å². The lowest BCUT2D eigenvalue weighted by Crippen LogP contribution is -2.65. The number of oxime groups is 1. The van der Waals surface area contributed by atoms with E-state index in [0.717, 1.165) is 4.90 Å². The van der Waals surface area contributed by atoms with Crippen LogP contribution in [0.4, 0.5) is 13.2 Å². The van der Waals surface area contributed by atoms with E-state index in [1.54, 1.807) is 20.8 Å². The van der Waals surface area contributed by atoms with E-state index in [-0.39, 0.29) is 6.61 Å². The molecule has 1 amide bonds. The van der Waals surface area contributed by atoms with Crippen LogP contribution in [0.3, 0.4) is 0 Å². The zero-order valence-electron chi connectivity index (χ0n) is 20.6. The predicted octanol–water partition coefficient (Wildman–Crippen LogP) is 2.61. The van der Waals surface area contributed by atoms with E-state index in [0.29, 0.717) is 5.71 Å². The Hall–Kier alpha value is -0.780. The predicted molar refractivity (Wildman–Crippen MR) is 124 cm³/mol. The maximum absolute atomic E-state index is 13.3. The number of amides is 1. The molecule has 0 aromatic heterocycles. The number of hydrogen-bond donors (Lipinski definition) is 0. The quantitative estimate of drug-likeness (QED) is 0.329. The summed E-state index contributed by atoms with van der Waals surface area (Å²) in [5.74, 6) is -2.98. The molecule has 10 nitrogen and oxygen atoms in total. The molecule has 0 aliphatic carbocycles. The average Bonchev–Trinajstić information content (AvgIpc) is 2.75. The summed E-state index contributed by atoms with van der Waals surface area (Å²) >= 11 is 2.00. The second-order valence-electron chi connectivity index (χ2n) is 9.25. The highest BCUT2D eigenvalue weighted by molar-refractivity contribution is 14.1. The topological polar surface area (TPSA) is 97.3 Å². The molecule has 0 unspecified atom stereocenters. The first kappa shape index (κ1) is 28.8. The summed E-state index contributed by atoms with van der Waals surface area (Å²) in [5.41, 5.74) is 0.478. The molecule has 2 fully saturated rings. The minimum atomic E-state index is -5.03. The molecule has 0 aromatic rings. The zero-order valence-corrected chi connectivity index (χ0v) is 22.7. The fourth-order valence-electron chi connectivity index (χ4n) is 4.42. The number of nitrogens with zero attached hydrogens (tertiary/aromatic N) is 2. The van der Waals surface area contributed by atoms with Crippen molar-refractivity contribution in [3.8, 4) is 0 Å². The van der Waals surface area contributed by atoms with Crippen LogP contribution >= 0.6 is 22.6 Å². The van der Waals surface area contributed by atoms with Crippen molar-refractivity contribution in [2.24, 2.45) is 5.16 Å². The molecule has 0 bridgehead atoms. The van der Waals surface area contributed by atoms with Gasteiger partial charge in [0.05, 0.1) is 22.7 Å². The molecule has 14 heteroatoms. The van der Waals surface area contributed by atoms with Crippen LogP contribution in [0.15, 0.2) is 5.16 Å². The SMILES string of the molecule is CO[C@H]1O[C@H](C)C2=NOC(C)(C)O[C@@H]2[C@H]1O[C@@H]1OC[C@H](N(C(=O)C(F)(F)F)C(C)C)[C@@H](OC)[C@H]1I. The Kier molecular flexibility index (Phi) is 8.97. The third-order valence-corrected chi connectivity index (χ3v) is 7.26. The molecular formula is C21H32F3IN2O8. The molecule has 3 aliphatic rings. The minimum absolute atomic E-state index is 0.231. The first-order valence-corrected chi connectivity index (χ1v) is 12.4. The van der Waals surface area contributed by atoms with Gasteiger partial charge in [0, 0.05) is 34.1 Å². The minimum Gasteiger partial charge on any atom is -0.378 e. The Bertz CT molecular complexity index is 799. The average molecular weight is 624 g/mol. The zero-order chi connectivity index (χ0) is 26.3. The lowest BCUT2D eigenvalue weighted by Gasteiger charge is -2.49. The van der Waals surface area contributed by atoms with Gasteiger partial charge in [-0.15, -0.1) is 0 Å². The van der Waals surface area contributed by atoms with E-state index in [4.69, 9.17) is 33.3 Å². The van der Waals surface area contributed by atoms with E-state index in [1.807, 2.05) is 22.6 Å². The molecule has 8 atom stereocenters.